The third-order valence-corrected chi connectivity index (χ3v) is 6.45. The van der Waals surface area contributed by atoms with E-state index >= 15 is 0 Å². The van der Waals surface area contributed by atoms with Crippen molar-refractivity contribution in [2.75, 3.05) is 44.2 Å². The van der Waals surface area contributed by atoms with Crippen LogP contribution in [0.5, 0.6) is 11.5 Å². The Kier molecular flexibility index (Phi) is 11.6. The first-order chi connectivity index (χ1) is 14.3. The fourth-order valence-corrected chi connectivity index (χ4v) is 5.17. The van der Waals surface area contributed by atoms with Gasteiger partial charge in [0.05, 0.1) is 6.61 Å². The quantitative estimate of drug-likeness (QED) is 0.454. The minimum atomic E-state index is -0.172. The second-order valence-electron chi connectivity index (χ2n) is 8.59. The minimum absolute atomic E-state index is 0. The average Bonchev–Trinajstić information content (AvgIpc) is 2.98. The van der Waals surface area contributed by atoms with Crippen molar-refractivity contribution in [3.63, 3.8) is 0 Å². The van der Waals surface area contributed by atoms with E-state index in [2.05, 4.69) is 45.6 Å². The van der Waals surface area contributed by atoms with Crippen LogP contribution in [0.3, 0.4) is 0 Å². The van der Waals surface area contributed by atoms with Crippen molar-refractivity contribution in [1.82, 2.24) is 4.90 Å². The van der Waals surface area contributed by atoms with Crippen LogP contribution in [0.2, 0.25) is 10.0 Å². The number of anilines is 1. The molecule has 0 unspecified atom stereocenters. The van der Waals surface area contributed by atoms with E-state index in [1.54, 1.807) is 6.07 Å². The fourth-order valence-electron chi connectivity index (χ4n) is 4.17. The number of nitrogens with zero attached hydrogens (tertiary/aromatic N) is 2. The van der Waals surface area contributed by atoms with E-state index in [9.17, 15) is 0 Å². The molecule has 2 aromatic rings. The number of rotatable bonds is 6. The van der Waals surface area contributed by atoms with Crippen LogP contribution in [0, 0.1) is 0 Å². The fraction of sp³-hybridized carbons (Fsp3) is 0.478. The highest BCUT2D eigenvalue weighted by Gasteiger charge is 2.33. The van der Waals surface area contributed by atoms with Crippen LogP contribution >= 0.6 is 51.5 Å². The van der Waals surface area contributed by atoms with Crippen LogP contribution < -0.4 is 14.4 Å². The van der Waals surface area contributed by atoms with Crippen molar-refractivity contribution in [3.8, 4) is 11.5 Å². The molecule has 2 aliphatic heterocycles. The van der Waals surface area contributed by atoms with Gasteiger partial charge in [0.25, 0.3) is 0 Å². The van der Waals surface area contributed by atoms with Gasteiger partial charge < -0.3 is 25.3 Å². The maximum Gasteiger partial charge on any atom is 0.165 e. The highest BCUT2D eigenvalue weighted by Crippen LogP contribution is 2.43. The van der Waals surface area contributed by atoms with E-state index in [0.717, 1.165) is 67.2 Å². The Morgan fingerprint density at radius 3 is 2.27 bits per heavy atom. The normalized spacial score (nSPS) is 16.6. The predicted molar refractivity (Wildman–Crippen MR) is 142 cm³/mol. The van der Waals surface area contributed by atoms with Crippen molar-refractivity contribution in [2.45, 2.75) is 32.3 Å². The third-order valence-electron chi connectivity index (χ3n) is 5.55. The average molecular weight is 587 g/mol. The van der Waals surface area contributed by atoms with Crippen molar-refractivity contribution in [1.29, 1.82) is 0 Å². The van der Waals surface area contributed by atoms with Gasteiger partial charge in [0.1, 0.15) is 5.60 Å². The van der Waals surface area contributed by atoms with E-state index in [4.69, 9.17) is 32.7 Å². The Bertz CT molecular complexity index is 905. The summed E-state index contributed by atoms with van der Waals surface area (Å²) in [5.74, 6) is 1.74. The number of halogens is 4. The standard InChI is InChI=1S/C23H27BrCl2N2O2.ClH.2H2O/c1-23(2)15-16-10-17(24)11-21(22(16)30-23)29-9-3-4-27-5-7-28(8-6-27)20-13-18(25)12-19(26)14-20;;;/h10-14H,3-9,15H2,1-2H3;1H;2*1H2. The summed E-state index contributed by atoms with van der Waals surface area (Å²) in [6.07, 6.45) is 1.88. The van der Waals surface area contributed by atoms with Gasteiger partial charge in [-0.05, 0) is 50.6 Å². The highest BCUT2D eigenvalue weighted by molar-refractivity contribution is 9.10. The smallest absolute Gasteiger partial charge is 0.165 e. The first kappa shape index (κ1) is 30.1. The molecule has 0 aromatic heterocycles. The number of hydrogen-bond acceptors (Lipinski definition) is 4. The van der Waals surface area contributed by atoms with E-state index in [1.807, 2.05) is 18.2 Å². The monoisotopic (exact) mass is 584 g/mol. The van der Waals surface area contributed by atoms with Gasteiger partial charge in [0.2, 0.25) is 0 Å². The van der Waals surface area contributed by atoms with Crippen molar-refractivity contribution < 1.29 is 20.4 Å². The predicted octanol–water partition coefficient (Wildman–Crippen LogP) is 4.83. The van der Waals surface area contributed by atoms with Crippen LogP contribution in [0.4, 0.5) is 5.69 Å². The second kappa shape index (κ2) is 12.7. The summed E-state index contributed by atoms with van der Waals surface area (Å²) >= 11 is 15.9. The molecule has 1 saturated heterocycles. The Morgan fingerprint density at radius 2 is 1.64 bits per heavy atom. The summed E-state index contributed by atoms with van der Waals surface area (Å²) in [5, 5.41) is 1.37. The number of fused-ring (bicyclic) bond motifs is 1. The molecule has 0 atom stereocenters. The Hall–Kier alpha value is -0.930. The lowest BCUT2D eigenvalue weighted by molar-refractivity contribution is 0.131. The maximum atomic E-state index is 6.15. The molecule has 33 heavy (non-hydrogen) atoms. The van der Waals surface area contributed by atoms with Crippen LogP contribution in [-0.2, 0) is 6.42 Å². The number of hydrogen-bond donors (Lipinski definition) is 0. The minimum Gasteiger partial charge on any atom is -0.490 e. The number of benzene rings is 2. The second-order valence-corrected chi connectivity index (χ2v) is 10.4. The first-order valence-corrected chi connectivity index (χ1v) is 11.9. The summed E-state index contributed by atoms with van der Waals surface area (Å²) in [7, 11) is 0. The zero-order chi connectivity index (χ0) is 21.3. The van der Waals surface area contributed by atoms with Crippen LogP contribution in [0.15, 0.2) is 34.8 Å². The molecular formula is C23H32BrCl3N2O4. The van der Waals surface area contributed by atoms with Crippen molar-refractivity contribution >= 4 is 57.2 Å². The zero-order valence-corrected chi connectivity index (χ0v) is 22.7. The molecule has 0 aliphatic carbocycles. The van der Waals surface area contributed by atoms with Gasteiger partial charge in [-0.25, -0.2) is 0 Å². The molecule has 0 amide bonds. The molecule has 2 aliphatic rings. The highest BCUT2D eigenvalue weighted by atomic mass is 79.9. The van der Waals surface area contributed by atoms with Gasteiger partial charge in [-0.3, -0.25) is 4.90 Å². The molecule has 0 saturated carbocycles. The lowest BCUT2D eigenvalue weighted by Crippen LogP contribution is -2.46. The number of ether oxygens (including phenoxy) is 2. The SMILES string of the molecule is CC1(C)Cc2cc(Br)cc(OCCCN3CCN(c4cc(Cl)cc(Cl)c4)CC3)c2O1.Cl.O.O. The topological polar surface area (TPSA) is 87.9 Å². The Morgan fingerprint density at radius 1 is 1.00 bits per heavy atom. The maximum absolute atomic E-state index is 6.15. The van der Waals surface area contributed by atoms with Crippen molar-refractivity contribution in [2.24, 2.45) is 0 Å². The van der Waals surface area contributed by atoms with Gasteiger partial charge in [0, 0.05) is 64.9 Å². The van der Waals surface area contributed by atoms with E-state index in [-0.39, 0.29) is 29.0 Å². The van der Waals surface area contributed by atoms with Crippen LogP contribution in [0.25, 0.3) is 0 Å². The molecule has 0 bridgehead atoms. The van der Waals surface area contributed by atoms with Crippen LogP contribution in [-0.4, -0.2) is 60.8 Å². The van der Waals surface area contributed by atoms with Crippen molar-refractivity contribution in [3.05, 3.63) is 50.4 Å². The molecule has 4 rings (SSSR count). The number of piperazine rings is 1. The van der Waals surface area contributed by atoms with Gasteiger partial charge in [-0.15, -0.1) is 12.4 Å². The summed E-state index contributed by atoms with van der Waals surface area (Å²) in [6, 6.07) is 9.88. The largest absolute Gasteiger partial charge is 0.490 e. The Labute approximate surface area is 220 Å². The Balaban J connectivity index is 0.00000181. The lowest BCUT2D eigenvalue weighted by atomic mass is 10.0. The summed E-state index contributed by atoms with van der Waals surface area (Å²) in [4.78, 5) is 4.83. The first-order valence-electron chi connectivity index (χ1n) is 10.4. The molecule has 186 valence electrons. The van der Waals surface area contributed by atoms with Gasteiger partial charge >= 0.3 is 0 Å². The third kappa shape index (κ3) is 7.79. The molecule has 6 nitrogen and oxygen atoms in total. The lowest BCUT2D eigenvalue weighted by Gasteiger charge is -2.36. The van der Waals surface area contributed by atoms with E-state index in [1.165, 1.54) is 5.56 Å². The van der Waals surface area contributed by atoms with Gasteiger partial charge in [-0.1, -0.05) is 39.1 Å². The molecule has 10 heteroatoms. The van der Waals surface area contributed by atoms with E-state index < -0.39 is 0 Å². The van der Waals surface area contributed by atoms with Gasteiger partial charge in [0.15, 0.2) is 11.5 Å². The summed E-state index contributed by atoms with van der Waals surface area (Å²) in [6.45, 7) is 9.91. The molecule has 2 aromatic carbocycles. The van der Waals surface area contributed by atoms with Crippen LogP contribution in [0.1, 0.15) is 25.8 Å². The zero-order valence-electron chi connectivity index (χ0n) is 18.8. The molecular weight excluding hydrogens is 555 g/mol. The summed E-state index contributed by atoms with van der Waals surface area (Å²) < 4.78 is 13.3. The van der Waals surface area contributed by atoms with E-state index in [0.29, 0.717) is 16.7 Å². The molecule has 0 spiro atoms. The molecule has 4 N–H and O–H groups in total. The van der Waals surface area contributed by atoms with Gasteiger partial charge in [-0.2, -0.15) is 0 Å². The molecule has 0 radical (unpaired) electrons. The molecule has 2 heterocycles. The summed E-state index contributed by atoms with van der Waals surface area (Å²) in [5.41, 5.74) is 2.14. The molecule has 1 fully saturated rings.